The Labute approximate surface area is 185 Å². The van der Waals surface area contributed by atoms with Gasteiger partial charge in [0.15, 0.2) is 0 Å². The van der Waals surface area contributed by atoms with Crippen molar-refractivity contribution in [3.8, 4) is 23.1 Å². The molecule has 0 fully saturated rings. The van der Waals surface area contributed by atoms with E-state index in [-0.39, 0.29) is 17.6 Å². The third-order valence-corrected chi connectivity index (χ3v) is 4.74. The molecule has 4 rings (SSSR count). The predicted octanol–water partition coefficient (Wildman–Crippen LogP) is 4.69. The van der Waals surface area contributed by atoms with E-state index in [0.29, 0.717) is 17.0 Å². The van der Waals surface area contributed by atoms with Gasteiger partial charge in [-0.3, -0.25) is 9.78 Å². The van der Waals surface area contributed by atoms with E-state index in [4.69, 9.17) is 4.74 Å². The Kier molecular flexibility index (Phi) is 5.95. The first kappa shape index (κ1) is 20.8. The number of hydrazone groups is 1. The molecule has 158 valence electrons. The zero-order valence-corrected chi connectivity index (χ0v) is 17.7. The zero-order valence-electron chi connectivity index (χ0n) is 17.7. The van der Waals surface area contributed by atoms with Crippen LogP contribution >= 0.6 is 0 Å². The summed E-state index contributed by atoms with van der Waals surface area (Å²) in [5, 5.41) is 15.7. The molecule has 0 spiro atoms. The number of aromatic amines is 1. The fourth-order valence-electron chi connectivity index (χ4n) is 3.36. The molecule has 0 radical (unpaired) electrons. The number of H-pyrrole nitrogens is 1. The lowest BCUT2D eigenvalue weighted by Crippen LogP contribution is -2.16. The van der Waals surface area contributed by atoms with Gasteiger partial charge in [-0.15, -0.1) is 0 Å². The third-order valence-electron chi connectivity index (χ3n) is 4.74. The maximum Gasteiger partial charge on any atom is 0.270 e. The Bertz CT molecular complexity index is 1390. The maximum absolute atomic E-state index is 12.4. The van der Waals surface area contributed by atoms with Gasteiger partial charge in [0.05, 0.1) is 18.0 Å². The third kappa shape index (κ3) is 4.35. The van der Waals surface area contributed by atoms with Crippen LogP contribution < -0.4 is 15.7 Å². The van der Waals surface area contributed by atoms with Crippen LogP contribution in [-0.2, 0) is 0 Å². The SMILES string of the molecule is CC(C)Oc1ccc2ccccc2c1C=NNc1nc(-c2ccccc2)c(C#N)c(=O)[nH]1. The standard InChI is InChI=1S/C25H21N5O2/c1-16(2)32-22-13-12-17-8-6-7-11-19(17)21(22)15-27-30-25-28-23(18-9-4-3-5-10-18)20(14-26)24(31)29-25/h3-13,15-16H,1-2H3,(H2,28,29,30,31). The van der Waals surface area contributed by atoms with E-state index < -0.39 is 5.56 Å². The van der Waals surface area contributed by atoms with E-state index in [9.17, 15) is 10.1 Å². The lowest BCUT2D eigenvalue weighted by atomic mass is 10.0. The predicted molar refractivity (Wildman–Crippen MR) is 126 cm³/mol. The van der Waals surface area contributed by atoms with Crippen molar-refractivity contribution < 1.29 is 4.74 Å². The van der Waals surface area contributed by atoms with E-state index in [1.165, 1.54) is 0 Å². The number of nitriles is 1. The molecular weight excluding hydrogens is 402 g/mol. The monoisotopic (exact) mass is 423 g/mol. The largest absolute Gasteiger partial charge is 0.490 e. The molecule has 7 nitrogen and oxygen atoms in total. The van der Waals surface area contributed by atoms with Crippen molar-refractivity contribution in [2.45, 2.75) is 20.0 Å². The van der Waals surface area contributed by atoms with Crippen LogP contribution in [0.2, 0.25) is 0 Å². The summed E-state index contributed by atoms with van der Waals surface area (Å²) in [5.41, 5.74) is 3.97. The fourth-order valence-corrected chi connectivity index (χ4v) is 3.36. The van der Waals surface area contributed by atoms with Gasteiger partial charge in [-0.1, -0.05) is 60.7 Å². The Balaban J connectivity index is 1.71. The van der Waals surface area contributed by atoms with Gasteiger partial charge in [0.1, 0.15) is 17.4 Å². The van der Waals surface area contributed by atoms with Gasteiger partial charge in [-0.2, -0.15) is 10.4 Å². The number of rotatable bonds is 6. The number of ether oxygens (including phenoxy) is 1. The minimum absolute atomic E-state index is 0.00116. The number of hydrogen-bond donors (Lipinski definition) is 2. The Hall–Kier alpha value is -4.44. The van der Waals surface area contributed by atoms with Crippen molar-refractivity contribution in [1.82, 2.24) is 9.97 Å². The van der Waals surface area contributed by atoms with Crippen LogP contribution in [0.3, 0.4) is 0 Å². The molecule has 0 saturated heterocycles. The van der Waals surface area contributed by atoms with Gasteiger partial charge in [0.2, 0.25) is 5.95 Å². The quantitative estimate of drug-likeness (QED) is 0.346. The van der Waals surface area contributed by atoms with Crippen molar-refractivity contribution in [2.75, 3.05) is 5.43 Å². The average Bonchev–Trinajstić information content (AvgIpc) is 2.80. The van der Waals surface area contributed by atoms with Gasteiger partial charge in [-0.25, -0.2) is 10.4 Å². The van der Waals surface area contributed by atoms with Crippen LogP contribution in [0.25, 0.3) is 22.0 Å². The van der Waals surface area contributed by atoms with Crippen LogP contribution in [0.15, 0.2) is 76.6 Å². The number of hydrogen-bond acceptors (Lipinski definition) is 6. The smallest absolute Gasteiger partial charge is 0.270 e. The number of nitrogens with zero attached hydrogens (tertiary/aromatic N) is 3. The van der Waals surface area contributed by atoms with Crippen molar-refractivity contribution in [3.63, 3.8) is 0 Å². The first-order chi connectivity index (χ1) is 15.6. The molecule has 0 amide bonds. The molecular formula is C25H21N5O2. The highest BCUT2D eigenvalue weighted by Gasteiger charge is 2.13. The normalized spacial score (nSPS) is 11.1. The van der Waals surface area contributed by atoms with Crippen LogP contribution in [0.1, 0.15) is 25.0 Å². The Morgan fingerprint density at radius 2 is 1.84 bits per heavy atom. The van der Waals surface area contributed by atoms with Crippen molar-refractivity contribution in [1.29, 1.82) is 5.26 Å². The molecule has 0 unspecified atom stereocenters. The highest BCUT2D eigenvalue weighted by atomic mass is 16.5. The molecule has 1 heterocycles. The molecule has 4 aromatic rings. The second-order valence-corrected chi connectivity index (χ2v) is 7.35. The molecule has 0 bridgehead atoms. The summed E-state index contributed by atoms with van der Waals surface area (Å²) in [6, 6.07) is 22.9. The second kappa shape index (κ2) is 9.14. The van der Waals surface area contributed by atoms with E-state index in [2.05, 4.69) is 20.5 Å². The number of nitrogens with one attached hydrogen (secondary N) is 2. The summed E-state index contributed by atoms with van der Waals surface area (Å²) in [7, 11) is 0. The lowest BCUT2D eigenvalue weighted by Gasteiger charge is -2.14. The van der Waals surface area contributed by atoms with E-state index in [1.54, 1.807) is 18.3 Å². The molecule has 0 atom stereocenters. The first-order valence-corrected chi connectivity index (χ1v) is 10.1. The lowest BCUT2D eigenvalue weighted by molar-refractivity contribution is 0.242. The molecule has 7 heteroatoms. The summed E-state index contributed by atoms with van der Waals surface area (Å²) in [4.78, 5) is 19.4. The molecule has 0 aliphatic rings. The molecule has 3 aromatic carbocycles. The van der Waals surface area contributed by atoms with E-state index >= 15 is 0 Å². The number of benzene rings is 3. The Morgan fingerprint density at radius 1 is 1.09 bits per heavy atom. The summed E-state index contributed by atoms with van der Waals surface area (Å²) in [5.74, 6) is 0.839. The molecule has 1 aromatic heterocycles. The van der Waals surface area contributed by atoms with Crippen LogP contribution in [0, 0.1) is 11.3 Å². The summed E-state index contributed by atoms with van der Waals surface area (Å²) < 4.78 is 5.95. The number of aromatic nitrogens is 2. The number of anilines is 1. The first-order valence-electron chi connectivity index (χ1n) is 10.1. The fraction of sp³-hybridized carbons (Fsp3) is 0.120. The average molecular weight is 423 g/mol. The zero-order chi connectivity index (χ0) is 22.5. The van der Waals surface area contributed by atoms with Crippen molar-refractivity contribution >= 4 is 22.9 Å². The van der Waals surface area contributed by atoms with Crippen LogP contribution in [-0.4, -0.2) is 22.3 Å². The van der Waals surface area contributed by atoms with Crippen molar-refractivity contribution in [3.05, 3.63) is 88.2 Å². The molecule has 0 aliphatic carbocycles. The highest BCUT2D eigenvalue weighted by Crippen LogP contribution is 2.27. The van der Waals surface area contributed by atoms with Gasteiger partial charge < -0.3 is 4.74 Å². The molecule has 0 aliphatic heterocycles. The van der Waals surface area contributed by atoms with Crippen LogP contribution in [0.4, 0.5) is 5.95 Å². The maximum atomic E-state index is 12.4. The van der Waals surface area contributed by atoms with E-state index in [1.807, 2.05) is 74.5 Å². The summed E-state index contributed by atoms with van der Waals surface area (Å²) in [6.45, 7) is 3.93. The molecule has 32 heavy (non-hydrogen) atoms. The van der Waals surface area contributed by atoms with E-state index in [0.717, 1.165) is 16.3 Å². The minimum atomic E-state index is -0.534. The van der Waals surface area contributed by atoms with Gasteiger partial charge in [0, 0.05) is 11.1 Å². The second-order valence-electron chi connectivity index (χ2n) is 7.35. The summed E-state index contributed by atoms with van der Waals surface area (Å²) >= 11 is 0. The van der Waals surface area contributed by atoms with Gasteiger partial charge in [-0.05, 0) is 30.7 Å². The highest BCUT2D eigenvalue weighted by molar-refractivity contribution is 6.02. The van der Waals surface area contributed by atoms with Crippen LogP contribution in [0.5, 0.6) is 5.75 Å². The molecule has 2 N–H and O–H groups in total. The van der Waals surface area contributed by atoms with Crippen molar-refractivity contribution in [2.24, 2.45) is 5.10 Å². The minimum Gasteiger partial charge on any atom is -0.490 e. The Morgan fingerprint density at radius 3 is 2.59 bits per heavy atom. The molecule has 0 saturated carbocycles. The summed E-state index contributed by atoms with van der Waals surface area (Å²) in [6.07, 6.45) is 1.64. The van der Waals surface area contributed by atoms with Gasteiger partial charge in [0.25, 0.3) is 5.56 Å². The van der Waals surface area contributed by atoms with Gasteiger partial charge >= 0.3 is 0 Å². The topological polar surface area (TPSA) is 103 Å². The number of fused-ring (bicyclic) bond motifs is 1.